The van der Waals surface area contributed by atoms with Gasteiger partial charge in [-0.1, -0.05) is 30.3 Å². The normalized spacial score (nSPS) is 15.2. The van der Waals surface area contributed by atoms with E-state index in [4.69, 9.17) is 9.47 Å². The third kappa shape index (κ3) is 3.75. The van der Waals surface area contributed by atoms with Crippen molar-refractivity contribution in [3.05, 3.63) is 89.4 Å². The van der Waals surface area contributed by atoms with E-state index in [0.29, 0.717) is 30.2 Å². The van der Waals surface area contributed by atoms with Crippen molar-refractivity contribution in [1.29, 1.82) is 0 Å². The molecule has 1 aromatic heterocycles. The zero-order valence-electron chi connectivity index (χ0n) is 18.4. The summed E-state index contributed by atoms with van der Waals surface area (Å²) in [5.41, 5.74) is 4.50. The smallest absolute Gasteiger partial charge is 0.322 e. The highest BCUT2D eigenvalue weighted by atomic mass is 19.1. The number of aromatic amines is 1. The fourth-order valence-corrected chi connectivity index (χ4v) is 4.55. The third-order valence-corrected chi connectivity index (χ3v) is 6.13. The molecule has 0 unspecified atom stereocenters. The molecule has 0 aliphatic carbocycles. The number of hydrogen-bond donors (Lipinski definition) is 2. The monoisotopic (exact) mass is 445 g/mol. The topological polar surface area (TPSA) is 66.6 Å². The number of H-pyrrole nitrogens is 1. The van der Waals surface area contributed by atoms with Gasteiger partial charge in [-0.3, -0.25) is 0 Å². The van der Waals surface area contributed by atoms with Crippen molar-refractivity contribution in [2.45, 2.75) is 12.5 Å². The van der Waals surface area contributed by atoms with Crippen molar-refractivity contribution in [2.24, 2.45) is 0 Å². The quantitative estimate of drug-likeness (QED) is 0.436. The van der Waals surface area contributed by atoms with Gasteiger partial charge in [0.1, 0.15) is 17.3 Å². The molecule has 4 aromatic rings. The molecule has 5 rings (SSSR count). The molecule has 7 heteroatoms. The minimum absolute atomic E-state index is 0.278. The largest absolute Gasteiger partial charge is 0.497 e. The van der Waals surface area contributed by atoms with Gasteiger partial charge in [0.15, 0.2) is 0 Å². The molecule has 1 atom stereocenters. The standard InChI is InChI=1S/C26H24FN3O3/c1-32-18-11-12-23(33-2)22(15-18)29-26(31)30-14-13-20-19-5-3-4-6-21(19)28-24(20)25(30)16-7-9-17(27)10-8-16/h3-12,15,25,28H,13-14H2,1-2H3,(H,29,31)/t25-/m1/s1. The van der Waals surface area contributed by atoms with Gasteiger partial charge in [-0.15, -0.1) is 0 Å². The number of nitrogens with one attached hydrogen (secondary N) is 2. The van der Waals surface area contributed by atoms with Crippen molar-refractivity contribution in [3.8, 4) is 11.5 Å². The number of carbonyl (C=O) groups excluding carboxylic acids is 1. The Kier molecular flexibility index (Phi) is 5.38. The van der Waals surface area contributed by atoms with Gasteiger partial charge < -0.3 is 24.7 Å². The van der Waals surface area contributed by atoms with Crippen molar-refractivity contribution >= 4 is 22.6 Å². The highest BCUT2D eigenvalue weighted by Crippen LogP contribution is 2.39. The van der Waals surface area contributed by atoms with Crippen LogP contribution in [0, 0.1) is 5.82 Å². The molecule has 0 spiro atoms. The van der Waals surface area contributed by atoms with Gasteiger partial charge >= 0.3 is 6.03 Å². The molecule has 0 fully saturated rings. The van der Waals surface area contributed by atoms with Crippen molar-refractivity contribution in [1.82, 2.24) is 9.88 Å². The van der Waals surface area contributed by atoms with Gasteiger partial charge in [-0.05, 0) is 47.9 Å². The van der Waals surface area contributed by atoms with Crippen LogP contribution in [0.15, 0.2) is 66.7 Å². The van der Waals surface area contributed by atoms with Crippen LogP contribution < -0.4 is 14.8 Å². The van der Waals surface area contributed by atoms with Crippen LogP contribution in [0.5, 0.6) is 11.5 Å². The average Bonchev–Trinajstić information content (AvgIpc) is 3.22. The van der Waals surface area contributed by atoms with Crippen LogP contribution in [0.25, 0.3) is 10.9 Å². The molecule has 0 radical (unpaired) electrons. The summed E-state index contributed by atoms with van der Waals surface area (Å²) in [6, 6.07) is 19.0. The van der Waals surface area contributed by atoms with E-state index in [9.17, 15) is 9.18 Å². The Balaban J connectivity index is 1.56. The Bertz CT molecular complexity index is 1320. The number of ether oxygens (including phenoxy) is 2. The second kappa shape index (κ2) is 8.50. The fraction of sp³-hybridized carbons (Fsp3) is 0.192. The Morgan fingerprint density at radius 3 is 2.61 bits per heavy atom. The van der Waals surface area contributed by atoms with Gasteiger partial charge in [0.05, 0.1) is 25.9 Å². The summed E-state index contributed by atoms with van der Waals surface area (Å²) in [4.78, 5) is 18.8. The molecular formula is C26H24FN3O3. The first-order valence-electron chi connectivity index (χ1n) is 10.7. The molecule has 1 aliphatic heterocycles. The first-order chi connectivity index (χ1) is 16.1. The van der Waals surface area contributed by atoms with E-state index in [0.717, 1.165) is 22.2 Å². The zero-order chi connectivity index (χ0) is 22.9. The number of hydrogen-bond acceptors (Lipinski definition) is 3. The molecule has 0 bridgehead atoms. The highest BCUT2D eigenvalue weighted by molar-refractivity contribution is 5.93. The number of urea groups is 1. The second-order valence-corrected chi connectivity index (χ2v) is 7.96. The Morgan fingerprint density at radius 1 is 1.06 bits per heavy atom. The fourth-order valence-electron chi connectivity index (χ4n) is 4.55. The number of rotatable bonds is 4. The van der Waals surface area contributed by atoms with Gasteiger partial charge in [0.25, 0.3) is 0 Å². The lowest BCUT2D eigenvalue weighted by Gasteiger charge is -2.36. The number of para-hydroxylation sites is 1. The van der Waals surface area contributed by atoms with Crippen LogP contribution in [0.1, 0.15) is 22.9 Å². The molecule has 0 saturated carbocycles. The number of anilines is 1. The number of fused-ring (bicyclic) bond motifs is 3. The third-order valence-electron chi connectivity index (χ3n) is 6.13. The molecule has 168 valence electrons. The van der Waals surface area contributed by atoms with Crippen molar-refractivity contribution in [2.75, 3.05) is 26.1 Å². The van der Waals surface area contributed by atoms with Crippen LogP contribution in [-0.2, 0) is 6.42 Å². The number of carbonyl (C=O) groups is 1. The van der Waals surface area contributed by atoms with E-state index in [2.05, 4.69) is 16.4 Å². The lowest BCUT2D eigenvalue weighted by Crippen LogP contribution is -2.43. The zero-order valence-corrected chi connectivity index (χ0v) is 18.4. The maximum absolute atomic E-state index is 13.7. The molecule has 0 saturated heterocycles. The molecule has 33 heavy (non-hydrogen) atoms. The van der Waals surface area contributed by atoms with Crippen LogP contribution >= 0.6 is 0 Å². The van der Waals surface area contributed by atoms with Gasteiger partial charge in [0.2, 0.25) is 0 Å². The van der Waals surface area contributed by atoms with Crippen molar-refractivity contribution in [3.63, 3.8) is 0 Å². The summed E-state index contributed by atoms with van der Waals surface area (Å²) in [6.07, 6.45) is 0.708. The highest BCUT2D eigenvalue weighted by Gasteiger charge is 2.35. The second-order valence-electron chi connectivity index (χ2n) is 7.96. The van der Waals surface area contributed by atoms with Crippen LogP contribution in [-0.4, -0.2) is 36.7 Å². The van der Waals surface area contributed by atoms with Crippen LogP contribution in [0.2, 0.25) is 0 Å². The number of benzene rings is 3. The summed E-state index contributed by atoms with van der Waals surface area (Å²) in [5, 5.41) is 4.12. The summed E-state index contributed by atoms with van der Waals surface area (Å²) >= 11 is 0. The summed E-state index contributed by atoms with van der Waals surface area (Å²) in [5.74, 6) is 0.826. The van der Waals surface area contributed by atoms with Gasteiger partial charge in [0, 0.05) is 29.2 Å². The summed E-state index contributed by atoms with van der Waals surface area (Å²) in [6.45, 7) is 0.509. The van der Waals surface area contributed by atoms with E-state index >= 15 is 0 Å². The first-order valence-corrected chi connectivity index (χ1v) is 10.7. The number of amides is 2. The van der Waals surface area contributed by atoms with E-state index in [1.54, 1.807) is 49.5 Å². The lowest BCUT2D eigenvalue weighted by atomic mass is 9.92. The SMILES string of the molecule is COc1ccc(OC)c(NC(=O)N2CCc3c([nH]c4ccccc34)[C@H]2c2ccc(F)cc2)c1. The number of methoxy groups -OCH3 is 2. The summed E-state index contributed by atoms with van der Waals surface area (Å²) < 4.78 is 24.4. The average molecular weight is 445 g/mol. The van der Waals surface area contributed by atoms with E-state index in [1.165, 1.54) is 17.7 Å². The molecule has 2 N–H and O–H groups in total. The Hall–Kier alpha value is -4.00. The maximum Gasteiger partial charge on any atom is 0.322 e. The number of nitrogens with zero attached hydrogens (tertiary/aromatic N) is 1. The number of halogens is 1. The first kappa shape index (κ1) is 20.9. The van der Waals surface area contributed by atoms with E-state index in [1.807, 2.05) is 18.2 Å². The summed E-state index contributed by atoms with van der Waals surface area (Å²) in [7, 11) is 3.12. The van der Waals surface area contributed by atoms with E-state index < -0.39 is 6.04 Å². The molecular weight excluding hydrogens is 421 g/mol. The predicted molar refractivity (Wildman–Crippen MR) is 126 cm³/mol. The Morgan fingerprint density at radius 2 is 1.85 bits per heavy atom. The Labute approximate surface area is 190 Å². The molecule has 2 heterocycles. The lowest BCUT2D eigenvalue weighted by molar-refractivity contribution is 0.193. The molecule has 2 amide bonds. The predicted octanol–water partition coefficient (Wildman–Crippen LogP) is 5.50. The van der Waals surface area contributed by atoms with Gasteiger partial charge in [-0.25, -0.2) is 9.18 Å². The molecule has 1 aliphatic rings. The molecule has 6 nitrogen and oxygen atoms in total. The van der Waals surface area contributed by atoms with Crippen LogP contribution in [0.4, 0.5) is 14.9 Å². The minimum Gasteiger partial charge on any atom is -0.497 e. The molecule has 3 aromatic carbocycles. The van der Waals surface area contributed by atoms with Gasteiger partial charge in [-0.2, -0.15) is 0 Å². The maximum atomic E-state index is 13.7. The minimum atomic E-state index is -0.390. The van der Waals surface area contributed by atoms with Crippen LogP contribution in [0.3, 0.4) is 0 Å². The van der Waals surface area contributed by atoms with E-state index in [-0.39, 0.29) is 11.8 Å². The van der Waals surface area contributed by atoms with Crippen molar-refractivity contribution < 1.29 is 18.7 Å². The number of aromatic nitrogens is 1.